The lowest BCUT2D eigenvalue weighted by molar-refractivity contribution is -0.120. The van der Waals surface area contributed by atoms with Crippen LogP contribution in [-0.4, -0.2) is 22.6 Å². The third kappa shape index (κ3) is 4.20. The van der Waals surface area contributed by atoms with Gasteiger partial charge in [-0.3, -0.25) is 4.79 Å². The molecule has 0 unspecified atom stereocenters. The van der Waals surface area contributed by atoms with E-state index in [-0.39, 0.29) is 18.2 Å². The van der Waals surface area contributed by atoms with Gasteiger partial charge < -0.3 is 14.8 Å². The summed E-state index contributed by atoms with van der Waals surface area (Å²) in [5.74, 6) is -0.266. The van der Waals surface area contributed by atoms with Crippen LogP contribution >= 0.6 is 43.5 Å². The Bertz CT molecular complexity index is 971. The van der Waals surface area contributed by atoms with E-state index in [1.165, 1.54) is 0 Å². The fourth-order valence-electron chi connectivity index (χ4n) is 2.10. The van der Waals surface area contributed by atoms with Crippen LogP contribution in [0.15, 0.2) is 55.6 Å². The molecule has 25 heavy (non-hydrogen) atoms. The van der Waals surface area contributed by atoms with Crippen LogP contribution in [0.2, 0.25) is 5.02 Å². The molecule has 0 saturated carbocycles. The molecule has 0 radical (unpaired) electrons. The largest absolute Gasteiger partial charge is 0.493 e. The second kappa shape index (κ2) is 7.55. The number of aromatic nitrogens is 1. The van der Waals surface area contributed by atoms with E-state index in [1.54, 1.807) is 30.3 Å². The Morgan fingerprint density at radius 1 is 1.24 bits per heavy atom. The first-order valence-electron chi connectivity index (χ1n) is 6.96. The zero-order valence-electron chi connectivity index (χ0n) is 12.5. The van der Waals surface area contributed by atoms with E-state index in [4.69, 9.17) is 16.3 Å². The van der Waals surface area contributed by atoms with Crippen molar-refractivity contribution in [1.29, 1.82) is 0 Å². The molecule has 0 spiro atoms. The average Bonchev–Trinajstić information content (AvgIpc) is 2.88. The Labute approximate surface area is 164 Å². The van der Waals surface area contributed by atoms with Crippen molar-refractivity contribution >= 4 is 66.0 Å². The zero-order chi connectivity index (χ0) is 18.0. The van der Waals surface area contributed by atoms with Gasteiger partial charge in [0.25, 0.3) is 0 Å². The molecule has 3 rings (SSSR count). The highest BCUT2D eigenvalue weighted by molar-refractivity contribution is 9.11. The molecule has 1 aromatic heterocycles. The van der Waals surface area contributed by atoms with Crippen molar-refractivity contribution in [3.63, 3.8) is 0 Å². The van der Waals surface area contributed by atoms with Gasteiger partial charge in [0.2, 0.25) is 5.88 Å². The number of hydrogen-bond acceptors (Lipinski definition) is 4. The Hall–Kier alpha value is -1.90. The van der Waals surface area contributed by atoms with Gasteiger partial charge in [-0.15, -0.1) is 10.2 Å². The number of fused-ring (bicyclic) bond motifs is 1. The average molecular weight is 488 g/mol. The number of amides is 1. The lowest BCUT2D eigenvalue weighted by Gasteiger charge is -2.02. The van der Waals surface area contributed by atoms with Crippen LogP contribution in [-0.2, 0) is 4.79 Å². The molecule has 1 amide bonds. The molecule has 2 aromatic carbocycles. The fraction of sp³-hybridized carbons (Fsp3) is 0.0625. The van der Waals surface area contributed by atoms with E-state index in [9.17, 15) is 9.90 Å². The van der Waals surface area contributed by atoms with Crippen molar-refractivity contribution in [1.82, 2.24) is 4.98 Å². The van der Waals surface area contributed by atoms with Crippen molar-refractivity contribution in [2.24, 2.45) is 10.2 Å². The van der Waals surface area contributed by atoms with Crippen LogP contribution in [0.4, 0.5) is 5.69 Å². The smallest absolute Gasteiger partial charge is 0.302 e. The van der Waals surface area contributed by atoms with Gasteiger partial charge in [0.05, 0.1) is 5.52 Å². The number of halogens is 3. The predicted octanol–water partition coefficient (Wildman–Crippen LogP) is 5.74. The normalized spacial score (nSPS) is 11.3. The van der Waals surface area contributed by atoms with E-state index in [0.29, 0.717) is 21.7 Å². The van der Waals surface area contributed by atoms with Gasteiger partial charge in [0.1, 0.15) is 5.75 Å². The van der Waals surface area contributed by atoms with Gasteiger partial charge in [-0.25, -0.2) is 0 Å². The first-order valence-corrected chi connectivity index (χ1v) is 8.93. The number of azo groups is 1. The number of nitrogens with zero attached hydrogens (tertiary/aromatic N) is 2. The number of hydrogen-bond donors (Lipinski definition) is 2. The van der Waals surface area contributed by atoms with Crippen LogP contribution < -0.4 is 4.74 Å². The number of H-pyrrole nitrogens is 1. The lowest BCUT2D eigenvalue weighted by Crippen LogP contribution is -2.07. The molecule has 0 fully saturated rings. The molecule has 0 aliphatic rings. The molecule has 0 aliphatic heterocycles. The number of carbonyl (C=O) groups is 1. The van der Waals surface area contributed by atoms with Crippen LogP contribution in [0.25, 0.3) is 10.9 Å². The predicted molar refractivity (Wildman–Crippen MR) is 102 cm³/mol. The van der Waals surface area contributed by atoms with E-state index in [2.05, 4.69) is 47.1 Å². The summed E-state index contributed by atoms with van der Waals surface area (Å²) in [6.07, 6.45) is 0. The Balaban J connectivity index is 1.75. The molecule has 6 nitrogen and oxygen atoms in total. The SMILES string of the molecule is O=C(COc1ccc(Cl)cc1)N=Nc1c(O)[nH]c2c(Br)cc(Br)cc12. The summed E-state index contributed by atoms with van der Waals surface area (Å²) < 4.78 is 6.83. The third-order valence-corrected chi connectivity index (χ3v) is 4.55. The fourth-order valence-corrected chi connectivity index (χ4v) is 3.55. The molecule has 2 N–H and O–H groups in total. The molecular weight excluding hydrogens is 477 g/mol. The summed E-state index contributed by atoms with van der Waals surface area (Å²) in [7, 11) is 0. The van der Waals surface area contributed by atoms with Gasteiger partial charge >= 0.3 is 5.91 Å². The van der Waals surface area contributed by atoms with Crippen molar-refractivity contribution in [2.75, 3.05) is 6.61 Å². The molecule has 1 heterocycles. The van der Waals surface area contributed by atoms with Crippen molar-refractivity contribution < 1.29 is 14.6 Å². The molecule has 0 saturated heterocycles. The molecule has 9 heteroatoms. The summed E-state index contributed by atoms with van der Waals surface area (Å²) in [4.78, 5) is 14.6. The van der Waals surface area contributed by atoms with Gasteiger partial charge in [0, 0.05) is 19.4 Å². The second-order valence-corrected chi connectivity index (χ2v) is 7.18. The molecule has 0 atom stereocenters. The van der Waals surface area contributed by atoms with Gasteiger partial charge in [-0.05, 0) is 52.3 Å². The zero-order valence-corrected chi connectivity index (χ0v) is 16.4. The second-order valence-electron chi connectivity index (χ2n) is 4.97. The maximum atomic E-state index is 11.8. The van der Waals surface area contributed by atoms with Crippen LogP contribution in [0.3, 0.4) is 0 Å². The molecule has 0 aliphatic carbocycles. The molecule has 0 bridgehead atoms. The Morgan fingerprint density at radius 2 is 1.96 bits per heavy atom. The maximum Gasteiger partial charge on any atom is 0.302 e. The monoisotopic (exact) mass is 485 g/mol. The lowest BCUT2D eigenvalue weighted by atomic mass is 10.2. The summed E-state index contributed by atoms with van der Waals surface area (Å²) in [5, 5.41) is 18.6. The minimum absolute atomic E-state index is 0.177. The topological polar surface area (TPSA) is 87.0 Å². The number of rotatable bonds is 4. The van der Waals surface area contributed by atoms with Gasteiger partial charge in [0.15, 0.2) is 12.3 Å². The first-order chi connectivity index (χ1) is 11.9. The van der Waals surface area contributed by atoms with Crippen LogP contribution in [0, 0.1) is 0 Å². The summed E-state index contributed by atoms with van der Waals surface area (Å²) in [5.41, 5.74) is 0.830. The third-order valence-electron chi connectivity index (χ3n) is 3.22. The standard InChI is InChI=1S/C16H10Br2ClN3O3/c17-8-5-11-14(12(18)6-8)20-16(24)15(11)22-21-13(23)7-25-10-3-1-9(19)2-4-10/h1-6,20,24H,7H2. The van der Waals surface area contributed by atoms with Gasteiger partial charge in [-0.1, -0.05) is 27.5 Å². The number of ether oxygens (including phenoxy) is 1. The van der Waals surface area contributed by atoms with Crippen molar-refractivity contribution in [3.8, 4) is 11.6 Å². The highest BCUT2D eigenvalue weighted by Crippen LogP contribution is 2.40. The van der Waals surface area contributed by atoms with Crippen LogP contribution in [0.1, 0.15) is 0 Å². The number of nitrogens with one attached hydrogen (secondary N) is 1. The van der Waals surface area contributed by atoms with Crippen LogP contribution in [0.5, 0.6) is 11.6 Å². The first kappa shape index (κ1) is 17.9. The van der Waals surface area contributed by atoms with Gasteiger partial charge in [-0.2, -0.15) is 0 Å². The van der Waals surface area contributed by atoms with E-state index < -0.39 is 5.91 Å². The molecule has 128 valence electrons. The molecule has 3 aromatic rings. The Morgan fingerprint density at radius 3 is 2.68 bits per heavy atom. The van der Waals surface area contributed by atoms with Crippen molar-refractivity contribution in [3.05, 3.63) is 50.4 Å². The van der Waals surface area contributed by atoms with E-state index >= 15 is 0 Å². The maximum absolute atomic E-state index is 11.8. The Kier molecular flexibility index (Phi) is 5.41. The molecular formula is C16H10Br2ClN3O3. The quantitative estimate of drug-likeness (QED) is 0.460. The van der Waals surface area contributed by atoms with Crippen molar-refractivity contribution in [2.45, 2.75) is 0 Å². The number of aromatic amines is 1. The highest BCUT2D eigenvalue weighted by atomic mass is 79.9. The number of carbonyl (C=O) groups excluding carboxylic acids is 1. The number of benzene rings is 2. The minimum atomic E-state index is -0.585. The van der Waals surface area contributed by atoms with E-state index in [1.807, 2.05) is 6.07 Å². The summed E-state index contributed by atoms with van der Waals surface area (Å²) in [6, 6.07) is 10.2. The van der Waals surface area contributed by atoms with E-state index in [0.717, 1.165) is 8.95 Å². The number of aromatic hydroxyl groups is 1. The minimum Gasteiger partial charge on any atom is -0.493 e. The summed E-state index contributed by atoms with van der Waals surface area (Å²) >= 11 is 12.5. The highest BCUT2D eigenvalue weighted by Gasteiger charge is 2.14. The summed E-state index contributed by atoms with van der Waals surface area (Å²) in [6.45, 7) is -0.276.